The Bertz CT molecular complexity index is 1020. The van der Waals surface area contributed by atoms with Gasteiger partial charge in [-0.25, -0.2) is 26.3 Å². The van der Waals surface area contributed by atoms with Crippen molar-refractivity contribution in [1.29, 1.82) is 0 Å². The standard InChI is InChI=1S/C17H17F3O2.C6H2F4O/c1-3-21-15-6-5-7-16(22-4-2)17(15)11-8-13(19)12(10-18)14(20)9-11;7-4-1-3(11-10)2-5(8)6(4)9/h5-9H,3-4,10H2,1-2H3;1-2H. The Hall–Kier alpha value is -3.43. The minimum Gasteiger partial charge on any atom is -0.493 e. The molecule has 3 aromatic carbocycles. The molecule has 0 fully saturated rings. The van der Waals surface area contributed by atoms with E-state index in [0.29, 0.717) is 42.4 Å². The smallest absolute Gasteiger partial charge is 0.194 e. The topological polar surface area (TPSA) is 27.7 Å². The van der Waals surface area contributed by atoms with Crippen LogP contribution in [0.4, 0.5) is 30.9 Å². The van der Waals surface area contributed by atoms with Crippen LogP contribution >= 0.6 is 0 Å². The van der Waals surface area contributed by atoms with Gasteiger partial charge in [0.15, 0.2) is 23.2 Å². The van der Waals surface area contributed by atoms with Crippen molar-refractivity contribution in [1.82, 2.24) is 0 Å². The van der Waals surface area contributed by atoms with Gasteiger partial charge in [-0.2, -0.15) is 0 Å². The van der Waals surface area contributed by atoms with Crippen molar-refractivity contribution in [2.24, 2.45) is 0 Å². The van der Waals surface area contributed by atoms with Gasteiger partial charge in [0.2, 0.25) is 0 Å². The van der Waals surface area contributed by atoms with E-state index in [1.807, 2.05) is 13.8 Å². The molecule has 3 rings (SSSR count). The molecule has 0 saturated carbocycles. The number of hydrogen-bond donors (Lipinski definition) is 0. The number of rotatable bonds is 7. The molecule has 0 aliphatic carbocycles. The summed E-state index contributed by atoms with van der Waals surface area (Å²) in [7, 11) is 0. The van der Waals surface area contributed by atoms with Crippen LogP contribution in [0.2, 0.25) is 0 Å². The molecule has 178 valence electrons. The summed E-state index contributed by atoms with van der Waals surface area (Å²) in [4.78, 5) is 2.98. The molecule has 0 N–H and O–H groups in total. The fraction of sp³-hybridized carbons (Fsp3) is 0.217. The first-order chi connectivity index (χ1) is 15.8. The molecule has 0 spiro atoms. The fourth-order valence-corrected chi connectivity index (χ4v) is 2.80. The van der Waals surface area contributed by atoms with Gasteiger partial charge >= 0.3 is 0 Å². The highest BCUT2D eigenvalue weighted by Gasteiger charge is 2.18. The molecule has 0 atom stereocenters. The second-order valence-electron chi connectivity index (χ2n) is 6.33. The highest BCUT2D eigenvalue weighted by molar-refractivity contribution is 5.77. The number of halogens is 7. The molecule has 0 radical (unpaired) electrons. The van der Waals surface area contributed by atoms with Crippen molar-refractivity contribution in [3.8, 4) is 28.4 Å². The zero-order chi connectivity index (χ0) is 24.5. The summed E-state index contributed by atoms with van der Waals surface area (Å²) in [6, 6.07) is 8.12. The van der Waals surface area contributed by atoms with Gasteiger partial charge in [-0.3, -0.25) is 4.94 Å². The summed E-state index contributed by atoms with van der Waals surface area (Å²) < 4.78 is 99.1. The summed E-state index contributed by atoms with van der Waals surface area (Å²) in [5.41, 5.74) is 0.129. The van der Waals surface area contributed by atoms with Gasteiger partial charge in [-0.05, 0) is 43.7 Å². The summed E-state index contributed by atoms with van der Waals surface area (Å²) >= 11 is 0. The average molecular weight is 476 g/mol. The largest absolute Gasteiger partial charge is 0.493 e. The molecule has 0 amide bonds. The van der Waals surface area contributed by atoms with Crippen molar-refractivity contribution in [2.45, 2.75) is 20.5 Å². The normalized spacial score (nSPS) is 10.3. The van der Waals surface area contributed by atoms with Crippen molar-refractivity contribution in [3.63, 3.8) is 0 Å². The highest BCUT2D eigenvalue weighted by atomic mass is 19.3. The van der Waals surface area contributed by atoms with Crippen LogP contribution < -0.4 is 14.4 Å². The summed E-state index contributed by atoms with van der Waals surface area (Å²) in [6.45, 7) is 3.23. The minimum absolute atomic E-state index is 0.250. The van der Waals surface area contributed by atoms with E-state index < -0.39 is 47.1 Å². The number of ether oxygens (including phenoxy) is 2. The van der Waals surface area contributed by atoms with Gasteiger partial charge in [-0.15, -0.1) is 0 Å². The lowest BCUT2D eigenvalue weighted by Crippen LogP contribution is -2.01. The molecule has 0 bridgehead atoms. The lowest BCUT2D eigenvalue weighted by Gasteiger charge is -2.16. The van der Waals surface area contributed by atoms with E-state index in [2.05, 4.69) is 4.94 Å². The molecular weight excluding hydrogens is 457 g/mol. The predicted octanol–water partition coefficient (Wildman–Crippen LogP) is 7.27. The van der Waals surface area contributed by atoms with Crippen LogP contribution in [0.5, 0.6) is 17.2 Å². The Morgan fingerprint density at radius 2 is 1.21 bits per heavy atom. The van der Waals surface area contributed by atoms with Crippen LogP contribution in [0, 0.1) is 29.1 Å². The molecule has 3 aromatic rings. The SMILES string of the molecule is CCOc1cccc(OCC)c1-c1cc(F)c(CF)c(F)c1.FOc1cc(F)c(F)c(F)c1. The van der Waals surface area contributed by atoms with Crippen LogP contribution in [0.1, 0.15) is 19.4 Å². The zero-order valence-electron chi connectivity index (χ0n) is 17.5. The van der Waals surface area contributed by atoms with E-state index in [1.165, 1.54) is 0 Å². The van der Waals surface area contributed by atoms with Gasteiger partial charge in [0.05, 0.1) is 24.3 Å². The fourth-order valence-electron chi connectivity index (χ4n) is 2.80. The lowest BCUT2D eigenvalue weighted by atomic mass is 10.0. The Kier molecular flexibility index (Phi) is 9.38. The van der Waals surface area contributed by atoms with Gasteiger partial charge < -0.3 is 9.47 Å². The van der Waals surface area contributed by atoms with Gasteiger partial charge in [0.1, 0.15) is 29.8 Å². The summed E-state index contributed by atoms with van der Waals surface area (Å²) in [5.74, 6) is -6.26. The maximum atomic E-state index is 13.9. The third-order valence-electron chi connectivity index (χ3n) is 4.20. The molecule has 0 saturated heterocycles. The second kappa shape index (κ2) is 12.0. The van der Waals surface area contributed by atoms with Crippen LogP contribution in [-0.4, -0.2) is 13.2 Å². The maximum Gasteiger partial charge on any atom is 0.194 e. The Morgan fingerprint density at radius 1 is 0.727 bits per heavy atom. The lowest BCUT2D eigenvalue weighted by molar-refractivity contribution is -0.00711. The molecule has 0 unspecified atom stereocenters. The van der Waals surface area contributed by atoms with E-state index >= 15 is 0 Å². The van der Waals surface area contributed by atoms with Crippen molar-refractivity contribution < 1.29 is 45.3 Å². The van der Waals surface area contributed by atoms with Gasteiger partial charge in [0, 0.05) is 16.7 Å². The van der Waals surface area contributed by atoms with E-state index in [-0.39, 0.29) is 5.56 Å². The third-order valence-corrected chi connectivity index (χ3v) is 4.20. The third kappa shape index (κ3) is 6.30. The van der Waals surface area contributed by atoms with E-state index in [4.69, 9.17) is 9.47 Å². The monoisotopic (exact) mass is 476 g/mol. The Balaban J connectivity index is 0.000000294. The molecule has 3 nitrogen and oxygen atoms in total. The van der Waals surface area contributed by atoms with E-state index in [0.717, 1.165) is 12.1 Å². The molecule has 0 aliphatic heterocycles. The van der Waals surface area contributed by atoms with E-state index in [9.17, 15) is 30.9 Å². The molecule has 33 heavy (non-hydrogen) atoms. The van der Waals surface area contributed by atoms with Gasteiger partial charge in [0.25, 0.3) is 0 Å². The minimum atomic E-state index is -1.65. The van der Waals surface area contributed by atoms with Crippen molar-refractivity contribution in [3.05, 3.63) is 77.1 Å². The molecule has 0 aliphatic rings. The number of benzene rings is 3. The van der Waals surface area contributed by atoms with E-state index in [1.54, 1.807) is 18.2 Å². The van der Waals surface area contributed by atoms with Crippen molar-refractivity contribution in [2.75, 3.05) is 13.2 Å². The van der Waals surface area contributed by atoms with Gasteiger partial charge in [-0.1, -0.05) is 6.07 Å². The molecule has 0 aromatic heterocycles. The Morgan fingerprint density at radius 3 is 1.61 bits per heavy atom. The van der Waals surface area contributed by atoms with Crippen LogP contribution in [-0.2, 0) is 6.67 Å². The first-order valence-corrected chi connectivity index (χ1v) is 9.63. The van der Waals surface area contributed by atoms with Crippen LogP contribution in [0.25, 0.3) is 11.1 Å². The zero-order valence-corrected chi connectivity index (χ0v) is 17.5. The summed E-state index contributed by atoms with van der Waals surface area (Å²) in [6.07, 6.45) is 0. The quantitative estimate of drug-likeness (QED) is 0.265. The average Bonchev–Trinajstić information content (AvgIpc) is 2.78. The number of hydrogen-bond acceptors (Lipinski definition) is 3. The molecule has 10 heteroatoms. The first kappa shape index (κ1) is 25.8. The predicted molar refractivity (Wildman–Crippen MR) is 107 cm³/mol. The molecule has 0 heterocycles. The first-order valence-electron chi connectivity index (χ1n) is 9.63. The molecular formula is C23H19F7O3. The maximum absolute atomic E-state index is 13.9. The van der Waals surface area contributed by atoms with Crippen LogP contribution in [0.15, 0.2) is 42.5 Å². The van der Waals surface area contributed by atoms with Crippen molar-refractivity contribution >= 4 is 0 Å². The Labute approximate surface area is 185 Å². The summed E-state index contributed by atoms with van der Waals surface area (Å²) in [5, 5.41) is 0. The number of alkyl halides is 1. The second-order valence-corrected chi connectivity index (χ2v) is 6.33. The van der Waals surface area contributed by atoms with Crippen LogP contribution in [0.3, 0.4) is 0 Å². The highest BCUT2D eigenvalue weighted by Crippen LogP contribution is 2.39.